The molecule has 1 fully saturated rings. The number of rotatable bonds is 7. The lowest BCUT2D eigenvalue weighted by atomic mass is 10.3. The third-order valence-electron chi connectivity index (χ3n) is 3.88. The van der Waals surface area contributed by atoms with Crippen molar-refractivity contribution in [1.29, 1.82) is 0 Å². The zero-order valence-electron chi connectivity index (χ0n) is 13.9. The minimum atomic E-state index is -3.48. The minimum Gasteiger partial charge on any atom is -0.492 e. The standard InChI is InChI=1S/C18H22N2O4S/c21-25(22,20-10-13-23-14-11-20)18-8-4-5-16(15-18)19-9-12-24-17-6-2-1-3-7-17/h1-8,15,19H,9-14H2. The molecule has 0 atom stereocenters. The van der Waals surface area contributed by atoms with E-state index >= 15 is 0 Å². The first-order valence-corrected chi connectivity index (χ1v) is 9.70. The largest absolute Gasteiger partial charge is 0.492 e. The van der Waals surface area contributed by atoms with Crippen LogP contribution in [0.1, 0.15) is 0 Å². The zero-order valence-corrected chi connectivity index (χ0v) is 14.7. The SMILES string of the molecule is O=S(=O)(c1cccc(NCCOc2ccccc2)c1)N1CCOCC1. The van der Waals surface area contributed by atoms with Gasteiger partial charge in [-0.05, 0) is 30.3 Å². The summed E-state index contributed by atoms with van der Waals surface area (Å²) < 4.78 is 37.7. The van der Waals surface area contributed by atoms with Crippen LogP contribution < -0.4 is 10.1 Å². The van der Waals surface area contributed by atoms with Crippen molar-refractivity contribution in [2.45, 2.75) is 4.90 Å². The Balaban J connectivity index is 1.57. The van der Waals surface area contributed by atoms with Crippen LogP contribution in [0.5, 0.6) is 5.75 Å². The van der Waals surface area contributed by atoms with Gasteiger partial charge in [-0.1, -0.05) is 24.3 Å². The van der Waals surface area contributed by atoms with E-state index in [9.17, 15) is 8.42 Å². The molecule has 134 valence electrons. The van der Waals surface area contributed by atoms with Crippen molar-refractivity contribution < 1.29 is 17.9 Å². The minimum absolute atomic E-state index is 0.295. The molecular formula is C18H22N2O4S. The summed E-state index contributed by atoms with van der Waals surface area (Å²) >= 11 is 0. The van der Waals surface area contributed by atoms with Crippen molar-refractivity contribution in [3.63, 3.8) is 0 Å². The molecule has 0 bridgehead atoms. The highest BCUT2D eigenvalue weighted by molar-refractivity contribution is 7.89. The van der Waals surface area contributed by atoms with Crippen LogP contribution in [0.3, 0.4) is 0 Å². The topological polar surface area (TPSA) is 67.9 Å². The van der Waals surface area contributed by atoms with Gasteiger partial charge in [0.25, 0.3) is 0 Å². The van der Waals surface area contributed by atoms with E-state index in [1.807, 2.05) is 36.4 Å². The Morgan fingerprint density at radius 1 is 1.04 bits per heavy atom. The van der Waals surface area contributed by atoms with Gasteiger partial charge in [-0.25, -0.2) is 8.42 Å². The van der Waals surface area contributed by atoms with Crippen molar-refractivity contribution >= 4 is 15.7 Å². The normalized spacial score (nSPS) is 15.7. The summed E-state index contributed by atoms with van der Waals surface area (Å²) in [6.07, 6.45) is 0. The second kappa shape index (κ2) is 8.33. The monoisotopic (exact) mass is 362 g/mol. The number of hydrogen-bond donors (Lipinski definition) is 1. The number of hydrogen-bond acceptors (Lipinski definition) is 5. The van der Waals surface area contributed by atoms with Gasteiger partial charge in [0, 0.05) is 25.3 Å². The maximum Gasteiger partial charge on any atom is 0.243 e. The zero-order chi connectivity index (χ0) is 17.5. The Morgan fingerprint density at radius 3 is 2.56 bits per heavy atom. The predicted molar refractivity (Wildman–Crippen MR) is 96.4 cm³/mol. The van der Waals surface area contributed by atoms with Crippen molar-refractivity contribution in [1.82, 2.24) is 4.31 Å². The number of sulfonamides is 1. The number of nitrogens with one attached hydrogen (secondary N) is 1. The van der Waals surface area contributed by atoms with E-state index in [1.165, 1.54) is 4.31 Å². The van der Waals surface area contributed by atoms with E-state index < -0.39 is 10.0 Å². The molecule has 6 nitrogen and oxygen atoms in total. The summed E-state index contributed by atoms with van der Waals surface area (Å²) in [5, 5.41) is 3.20. The highest BCUT2D eigenvalue weighted by atomic mass is 32.2. The van der Waals surface area contributed by atoms with Gasteiger partial charge in [-0.2, -0.15) is 4.31 Å². The number of nitrogens with zero attached hydrogens (tertiary/aromatic N) is 1. The van der Waals surface area contributed by atoms with Crippen molar-refractivity contribution in [3.8, 4) is 5.75 Å². The van der Waals surface area contributed by atoms with Gasteiger partial charge in [-0.15, -0.1) is 0 Å². The number of anilines is 1. The lowest BCUT2D eigenvalue weighted by molar-refractivity contribution is 0.0730. The first kappa shape index (κ1) is 17.7. The lowest BCUT2D eigenvalue weighted by Gasteiger charge is -2.26. The molecule has 1 saturated heterocycles. The summed E-state index contributed by atoms with van der Waals surface area (Å²) in [5.41, 5.74) is 0.756. The Hall–Kier alpha value is -2.09. The number of benzene rings is 2. The van der Waals surface area contributed by atoms with Gasteiger partial charge >= 0.3 is 0 Å². The Labute approximate surface area is 148 Å². The molecule has 1 aliphatic heterocycles. The van der Waals surface area contributed by atoms with Gasteiger partial charge in [-0.3, -0.25) is 0 Å². The molecule has 0 unspecified atom stereocenters. The van der Waals surface area contributed by atoms with E-state index in [4.69, 9.17) is 9.47 Å². The number of para-hydroxylation sites is 1. The van der Waals surface area contributed by atoms with Crippen LogP contribution in [0.25, 0.3) is 0 Å². The summed E-state index contributed by atoms with van der Waals surface area (Å²) in [6.45, 7) is 2.73. The lowest BCUT2D eigenvalue weighted by Crippen LogP contribution is -2.40. The van der Waals surface area contributed by atoms with Crippen LogP contribution in [0.4, 0.5) is 5.69 Å². The second-order valence-electron chi connectivity index (χ2n) is 5.63. The second-order valence-corrected chi connectivity index (χ2v) is 7.57. The van der Waals surface area contributed by atoms with Gasteiger partial charge in [0.05, 0.1) is 18.1 Å². The van der Waals surface area contributed by atoms with Crippen LogP contribution in [0.2, 0.25) is 0 Å². The molecule has 1 heterocycles. The Morgan fingerprint density at radius 2 is 1.80 bits per heavy atom. The molecule has 1 N–H and O–H groups in total. The van der Waals surface area contributed by atoms with Gasteiger partial charge < -0.3 is 14.8 Å². The fourth-order valence-electron chi connectivity index (χ4n) is 2.58. The molecule has 7 heteroatoms. The van der Waals surface area contributed by atoms with Crippen LogP contribution in [0.15, 0.2) is 59.5 Å². The summed E-state index contributed by atoms with van der Waals surface area (Å²) in [4.78, 5) is 0.295. The molecule has 0 amide bonds. The molecule has 3 rings (SSSR count). The number of morpholine rings is 1. The summed E-state index contributed by atoms with van der Waals surface area (Å²) in [7, 11) is -3.48. The first-order chi connectivity index (χ1) is 12.2. The summed E-state index contributed by atoms with van der Waals surface area (Å²) in [5.74, 6) is 0.813. The third-order valence-corrected chi connectivity index (χ3v) is 5.78. The van der Waals surface area contributed by atoms with Gasteiger partial charge in [0.2, 0.25) is 10.0 Å². The highest BCUT2D eigenvalue weighted by Gasteiger charge is 2.26. The van der Waals surface area contributed by atoms with E-state index in [2.05, 4.69) is 5.32 Å². The van der Waals surface area contributed by atoms with E-state index in [0.717, 1.165) is 11.4 Å². The fraction of sp³-hybridized carbons (Fsp3) is 0.333. The van der Waals surface area contributed by atoms with Crippen LogP contribution >= 0.6 is 0 Å². The Bertz CT molecular complexity index is 775. The maximum atomic E-state index is 12.7. The van der Waals surface area contributed by atoms with Crippen molar-refractivity contribution in [2.24, 2.45) is 0 Å². The van der Waals surface area contributed by atoms with Crippen LogP contribution in [-0.4, -0.2) is 52.2 Å². The molecule has 0 aliphatic carbocycles. The third kappa shape index (κ3) is 4.72. The average molecular weight is 362 g/mol. The van der Waals surface area contributed by atoms with Gasteiger partial charge in [0.1, 0.15) is 12.4 Å². The molecule has 0 aromatic heterocycles. The fourth-order valence-corrected chi connectivity index (χ4v) is 4.04. The molecule has 0 spiro atoms. The molecule has 0 saturated carbocycles. The summed E-state index contributed by atoms with van der Waals surface area (Å²) in [6, 6.07) is 16.4. The van der Waals surface area contributed by atoms with E-state index in [0.29, 0.717) is 44.4 Å². The Kier molecular flexibility index (Phi) is 5.91. The van der Waals surface area contributed by atoms with Crippen molar-refractivity contribution in [3.05, 3.63) is 54.6 Å². The molecule has 0 radical (unpaired) electrons. The number of ether oxygens (including phenoxy) is 2. The predicted octanol–water partition coefficient (Wildman–Crippen LogP) is 2.20. The van der Waals surface area contributed by atoms with Gasteiger partial charge in [0.15, 0.2) is 0 Å². The maximum absolute atomic E-state index is 12.7. The highest BCUT2D eigenvalue weighted by Crippen LogP contribution is 2.20. The molecule has 1 aliphatic rings. The van der Waals surface area contributed by atoms with Crippen molar-refractivity contribution in [2.75, 3.05) is 44.8 Å². The molecule has 2 aromatic rings. The molecular weight excluding hydrogens is 340 g/mol. The smallest absolute Gasteiger partial charge is 0.243 e. The molecule has 2 aromatic carbocycles. The van der Waals surface area contributed by atoms with E-state index in [-0.39, 0.29) is 0 Å². The average Bonchev–Trinajstić information content (AvgIpc) is 2.67. The first-order valence-electron chi connectivity index (χ1n) is 8.26. The molecule has 25 heavy (non-hydrogen) atoms. The van der Waals surface area contributed by atoms with E-state index in [1.54, 1.807) is 18.2 Å². The quantitative estimate of drug-likeness (QED) is 0.765. The van der Waals surface area contributed by atoms with Crippen LogP contribution in [0, 0.1) is 0 Å². The van der Waals surface area contributed by atoms with Crippen LogP contribution in [-0.2, 0) is 14.8 Å².